The van der Waals surface area contributed by atoms with Gasteiger partial charge in [-0.1, -0.05) is 146 Å². The number of nitrogens with zero attached hydrogens (tertiary/aromatic N) is 2. The summed E-state index contributed by atoms with van der Waals surface area (Å²) in [5.74, 6) is 0. The van der Waals surface area contributed by atoms with E-state index in [0.717, 1.165) is 67.5 Å². The minimum Gasteiger partial charge on any atom is -0.311 e. The zero-order valence-corrected chi connectivity index (χ0v) is 38.8. The quantitative estimate of drug-likeness (QED) is 0.119. The van der Waals surface area contributed by atoms with Gasteiger partial charge >= 0.3 is 31.1 Å². The van der Waals surface area contributed by atoms with E-state index >= 15 is 0 Å². The Balaban J connectivity index is 0.00000504. The first-order valence-electron chi connectivity index (χ1n) is 21.0. The van der Waals surface area contributed by atoms with Crippen molar-refractivity contribution in [3.05, 3.63) is 267 Å². The minimum atomic E-state index is 0. The van der Waals surface area contributed by atoms with E-state index in [-0.39, 0.29) is 31.1 Å². The summed E-state index contributed by atoms with van der Waals surface area (Å²) in [5.41, 5.74) is 18.0. The molecule has 0 saturated carbocycles. The van der Waals surface area contributed by atoms with E-state index in [2.05, 4.69) is 265 Å². The maximum atomic E-state index is 3.49. The van der Waals surface area contributed by atoms with Crippen molar-refractivity contribution >= 4 is 34.1 Å². The van der Waals surface area contributed by atoms with Gasteiger partial charge in [-0.05, 0) is 106 Å². The first-order chi connectivity index (χ1) is 30.7. The first-order valence-corrected chi connectivity index (χ1v) is 21.0. The summed E-state index contributed by atoms with van der Waals surface area (Å²) >= 11 is 0. The molecule has 0 saturated heterocycles. The Morgan fingerprint density at radius 3 is 0.762 bits per heavy atom. The van der Waals surface area contributed by atoms with E-state index < -0.39 is 0 Å². The molecule has 10 aromatic carbocycles. The zero-order valence-electron chi connectivity index (χ0n) is 34.6. The molecule has 0 aliphatic rings. The summed E-state index contributed by atoms with van der Waals surface area (Å²) in [6, 6.07) is 97.1. The van der Waals surface area contributed by atoms with Crippen LogP contribution in [-0.2, 0) is 0 Å². The van der Waals surface area contributed by atoms with Gasteiger partial charge in [0.25, 0.3) is 0 Å². The molecule has 0 spiro atoms. The van der Waals surface area contributed by atoms with Crippen molar-refractivity contribution in [2.75, 3.05) is 9.80 Å². The van der Waals surface area contributed by atoms with Crippen LogP contribution in [-0.4, -0.2) is 0 Å². The molecular weight excluding hydrogens is 987 g/mol. The van der Waals surface area contributed by atoms with E-state index in [1.807, 2.05) is 12.1 Å². The van der Waals surface area contributed by atoms with Crippen LogP contribution in [0.3, 0.4) is 0 Å². The fourth-order valence-electron chi connectivity index (χ4n) is 8.12. The van der Waals surface area contributed by atoms with Crippen LogP contribution in [0.15, 0.2) is 255 Å². The van der Waals surface area contributed by atoms with Crippen LogP contribution in [0.5, 0.6) is 0 Å². The molecule has 0 unspecified atom stereocenters. The molecular formula is C60H42N2U. The number of hydrogen-bond donors (Lipinski definition) is 0. The Labute approximate surface area is 394 Å². The number of hydrogen-bond acceptors (Lipinski definition) is 2. The number of rotatable bonds is 11. The number of benzene rings is 10. The van der Waals surface area contributed by atoms with E-state index in [4.69, 9.17) is 0 Å². The van der Waals surface area contributed by atoms with Crippen molar-refractivity contribution in [1.82, 2.24) is 0 Å². The maximum absolute atomic E-state index is 3.49. The van der Waals surface area contributed by atoms with E-state index in [1.54, 1.807) is 0 Å². The number of anilines is 6. The summed E-state index contributed by atoms with van der Waals surface area (Å²) in [4.78, 5) is 4.61. The fraction of sp³-hybridized carbons (Fsp3) is 0. The third-order valence-electron chi connectivity index (χ3n) is 11.3. The fourth-order valence-corrected chi connectivity index (χ4v) is 8.12. The third-order valence-corrected chi connectivity index (χ3v) is 11.3. The van der Waals surface area contributed by atoms with Gasteiger partial charge in [-0.25, -0.2) is 11.1 Å². The van der Waals surface area contributed by atoms with Crippen molar-refractivity contribution in [3.8, 4) is 55.6 Å². The van der Waals surface area contributed by atoms with Crippen molar-refractivity contribution < 1.29 is 31.1 Å². The molecule has 10 rings (SSSR count). The predicted octanol–water partition coefficient (Wildman–Crippen LogP) is 16.6. The Bertz CT molecular complexity index is 2800. The minimum absolute atomic E-state index is 0. The molecule has 296 valence electrons. The summed E-state index contributed by atoms with van der Waals surface area (Å²) in [6.45, 7) is 0. The molecule has 0 N–H and O–H groups in total. The molecule has 0 fully saturated rings. The van der Waals surface area contributed by atoms with Gasteiger partial charge in [0.1, 0.15) is 0 Å². The van der Waals surface area contributed by atoms with Gasteiger partial charge in [-0.3, -0.25) is 0 Å². The van der Waals surface area contributed by atoms with Gasteiger partial charge in [0.05, 0.1) is 0 Å². The van der Waals surface area contributed by atoms with Gasteiger partial charge in [0.15, 0.2) is 0 Å². The Hall–Kier alpha value is -7.15. The van der Waals surface area contributed by atoms with E-state index in [0.29, 0.717) is 0 Å². The number of para-hydroxylation sites is 2. The topological polar surface area (TPSA) is 6.48 Å². The molecule has 0 radical (unpaired) electrons. The van der Waals surface area contributed by atoms with Gasteiger partial charge in [0.2, 0.25) is 0 Å². The van der Waals surface area contributed by atoms with Gasteiger partial charge in [-0.2, -0.15) is 36.4 Å². The van der Waals surface area contributed by atoms with Crippen LogP contribution in [0.25, 0.3) is 55.6 Å². The Morgan fingerprint density at radius 2 is 0.460 bits per heavy atom. The second kappa shape index (κ2) is 19.3. The largest absolute Gasteiger partial charge is 2.00 e. The standard InChI is InChI=1S/C60H42N2.U/c1-5-15-45(16-6-1)47-27-35-57(36-28-47)61(55-23-9-3-10-24-55)59-39-31-49(32-40-59)51-19-13-21-53(43-51)54-22-14-20-52(44-54)50-33-41-60(42-34-50)62(56-25-11-4-12-26-56)58-37-29-48(30-38-58)46-17-7-2-8-18-46;/h1-20,23-44H;/q-2;+2. The molecule has 10 aromatic rings. The van der Waals surface area contributed by atoms with Crippen molar-refractivity contribution in [2.45, 2.75) is 0 Å². The molecule has 63 heavy (non-hydrogen) atoms. The molecule has 2 nitrogen and oxygen atoms in total. The predicted molar refractivity (Wildman–Crippen MR) is 261 cm³/mol. The second-order valence-corrected chi connectivity index (χ2v) is 15.2. The first kappa shape index (κ1) is 41.2. The van der Waals surface area contributed by atoms with Gasteiger partial charge < -0.3 is 9.80 Å². The molecule has 0 heterocycles. The summed E-state index contributed by atoms with van der Waals surface area (Å²) < 4.78 is 0. The van der Waals surface area contributed by atoms with Gasteiger partial charge in [0, 0.05) is 34.1 Å². The summed E-state index contributed by atoms with van der Waals surface area (Å²) in [5, 5.41) is 0. The van der Waals surface area contributed by atoms with E-state index in [9.17, 15) is 0 Å². The summed E-state index contributed by atoms with van der Waals surface area (Å²) in [6.07, 6.45) is 0. The second-order valence-electron chi connectivity index (χ2n) is 15.2. The van der Waals surface area contributed by atoms with E-state index in [1.165, 1.54) is 22.3 Å². The van der Waals surface area contributed by atoms with Crippen molar-refractivity contribution in [3.63, 3.8) is 0 Å². The zero-order chi connectivity index (χ0) is 41.5. The molecule has 0 atom stereocenters. The molecule has 0 aliphatic carbocycles. The average Bonchev–Trinajstić information content (AvgIpc) is 3.36. The SMILES string of the molecule is [U+2].[c-]1ccc(-c2ccc(N(c3ccccc3)c3ccc(-c4ccccc4)cc3)cc2)cc1-c1[c-]ccc(-c2ccc(N(c3ccccc3)c3ccc(-c4ccccc4)cc3)cc2)c1. The molecule has 0 aliphatic heterocycles. The normalized spacial score (nSPS) is 10.7. The van der Waals surface area contributed by atoms with Gasteiger partial charge in [-0.15, -0.1) is 23.3 Å². The molecule has 3 heteroatoms. The Kier molecular flexibility index (Phi) is 12.6. The van der Waals surface area contributed by atoms with Crippen molar-refractivity contribution in [1.29, 1.82) is 0 Å². The average molecular weight is 1030 g/mol. The van der Waals surface area contributed by atoms with Crippen LogP contribution in [0, 0.1) is 43.2 Å². The molecule has 0 aromatic heterocycles. The summed E-state index contributed by atoms with van der Waals surface area (Å²) in [7, 11) is 0. The molecule has 0 amide bonds. The Morgan fingerprint density at radius 1 is 0.222 bits per heavy atom. The molecule has 0 bridgehead atoms. The maximum Gasteiger partial charge on any atom is 2.00 e. The van der Waals surface area contributed by atoms with Crippen LogP contribution < -0.4 is 9.80 Å². The van der Waals surface area contributed by atoms with Crippen molar-refractivity contribution in [2.24, 2.45) is 0 Å². The van der Waals surface area contributed by atoms with Crippen LogP contribution >= 0.6 is 0 Å². The van der Waals surface area contributed by atoms with Crippen LogP contribution in [0.2, 0.25) is 0 Å². The smallest absolute Gasteiger partial charge is 0.311 e. The monoisotopic (exact) mass is 1030 g/mol. The van der Waals surface area contributed by atoms with Crippen LogP contribution in [0.1, 0.15) is 0 Å². The third kappa shape index (κ3) is 9.23. The van der Waals surface area contributed by atoms with Crippen LogP contribution in [0.4, 0.5) is 34.1 Å².